The van der Waals surface area contributed by atoms with Gasteiger partial charge in [0.05, 0.1) is 0 Å². The summed E-state index contributed by atoms with van der Waals surface area (Å²) in [5.74, 6) is -0.384. The van der Waals surface area contributed by atoms with Gasteiger partial charge in [0, 0.05) is 11.8 Å². The quantitative estimate of drug-likeness (QED) is 0.792. The van der Waals surface area contributed by atoms with E-state index in [9.17, 15) is 4.79 Å². The molecule has 0 spiro atoms. The van der Waals surface area contributed by atoms with Gasteiger partial charge in [-0.3, -0.25) is 0 Å². The summed E-state index contributed by atoms with van der Waals surface area (Å²) in [6.45, 7) is 1.88. The third-order valence-corrected chi connectivity index (χ3v) is 2.20. The first-order chi connectivity index (χ1) is 6.74. The summed E-state index contributed by atoms with van der Waals surface area (Å²) in [4.78, 5) is 11.0. The molecule has 1 heterocycles. The van der Waals surface area contributed by atoms with E-state index in [2.05, 4.69) is 0 Å². The number of carbonyl (C=O) groups is 1. The van der Waals surface area contributed by atoms with Crippen molar-refractivity contribution in [1.82, 2.24) is 0 Å². The van der Waals surface area contributed by atoms with Gasteiger partial charge in [-0.15, -0.1) is 0 Å². The molecule has 0 aliphatic rings. The predicted octanol–water partition coefficient (Wildman–Crippen LogP) is 2.69. The van der Waals surface area contributed by atoms with Crippen LogP contribution < -0.4 is 0 Å². The molecule has 0 aliphatic carbocycles. The van der Waals surface area contributed by atoms with Gasteiger partial charge in [0.15, 0.2) is 0 Å². The van der Waals surface area contributed by atoms with Gasteiger partial charge in [-0.05, 0) is 6.07 Å². The SMILES string of the molecule is CCc1oc2ccccc2c1C(=O)O. The highest BCUT2D eigenvalue weighted by atomic mass is 16.4. The molecule has 0 fully saturated rings. The Morgan fingerprint density at radius 1 is 1.43 bits per heavy atom. The van der Waals surface area contributed by atoms with Crippen molar-refractivity contribution in [3.05, 3.63) is 35.6 Å². The van der Waals surface area contributed by atoms with Crippen molar-refractivity contribution in [2.45, 2.75) is 13.3 Å². The first-order valence-corrected chi connectivity index (χ1v) is 4.47. The Balaban J connectivity index is 2.81. The van der Waals surface area contributed by atoms with Crippen molar-refractivity contribution in [2.24, 2.45) is 0 Å². The van der Waals surface area contributed by atoms with Crippen molar-refractivity contribution in [1.29, 1.82) is 0 Å². The molecule has 1 N–H and O–H groups in total. The van der Waals surface area contributed by atoms with Crippen molar-refractivity contribution in [2.75, 3.05) is 0 Å². The second-order valence-electron chi connectivity index (χ2n) is 3.06. The molecule has 0 saturated carbocycles. The monoisotopic (exact) mass is 190 g/mol. The first-order valence-electron chi connectivity index (χ1n) is 4.47. The molecule has 0 radical (unpaired) electrons. The summed E-state index contributed by atoms with van der Waals surface area (Å²) in [6, 6.07) is 7.18. The van der Waals surface area contributed by atoms with Gasteiger partial charge >= 0.3 is 5.97 Å². The lowest BCUT2D eigenvalue weighted by molar-refractivity contribution is 0.0696. The molecule has 0 atom stereocenters. The van der Waals surface area contributed by atoms with Crippen LogP contribution in [-0.2, 0) is 6.42 Å². The standard InChI is InChI=1S/C11H10O3/c1-2-8-10(11(12)13)7-5-3-4-6-9(7)14-8/h3-6H,2H2,1H3,(H,12,13). The highest BCUT2D eigenvalue weighted by Crippen LogP contribution is 2.25. The number of rotatable bonds is 2. The molecule has 0 unspecified atom stereocenters. The molecule has 3 heteroatoms. The minimum Gasteiger partial charge on any atom is -0.478 e. The van der Waals surface area contributed by atoms with E-state index in [1.807, 2.05) is 19.1 Å². The van der Waals surface area contributed by atoms with Crippen LogP contribution in [0.5, 0.6) is 0 Å². The molecule has 0 amide bonds. The van der Waals surface area contributed by atoms with Gasteiger partial charge in [-0.25, -0.2) is 4.79 Å². The van der Waals surface area contributed by atoms with Crippen molar-refractivity contribution >= 4 is 16.9 Å². The molecule has 3 nitrogen and oxygen atoms in total. The predicted molar refractivity (Wildman–Crippen MR) is 52.6 cm³/mol. The lowest BCUT2D eigenvalue weighted by Gasteiger charge is -1.92. The van der Waals surface area contributed by atoms with Crippen molar-refractivity contribution in [3.63, 3.8) is 0 Å². The molecule has 14 heavy (non-hydrogen) atoms. The smallest absolute Gasteiger partial charge is 0.339 e. The van der Waals surface area contributed by atoms with Crippen LogP contribution in [0.15, 0.2) is 28.7 Å². The highest BCUT2D eigenvalue weighted by Gasteiger charge is 2.17. The Kier molecular flexibility index (Phi) is 2.00. The number of carboxylic acid groups (broad SMARTS) is 1. The van der Waals surface area contributed by atoms with E-state index in [4.69, 9.17) is 9.52 Å². The van der Waals surface area contributed by atoms with E-state index in [1.54, 1.807) is 12.1 Å². The summed E-state index contributed by atoms with van der Waals surface area (Å²) in [5, 5.41) is 9.70. The number of para-hydroxylation sites is 1. The molecule has 0 aliphatic heterocycles. The third kappa shape index (κ3) is 1.18. The van der Waals surface area contributed by atoms with E-state index < -0.39 is 5.97 Å². The van der Waals surface area contributed by atoms with E-state index >= 15 is 0 Å². The number of benzene rings is 1. The van der Waals surface area contributed by atoms with Gasteiger partial charge in [-0.1, -0.05) is 25.1 Å². The average Bonchev–Trinajstić information content (AvgIpc) is 2.55. The van der Waals surface area contributed by atoms with Crippen LogP contribution in [0.2, 0.25) is 0 Å². The third-order valence-electron chi connectivity index (χ3n) is 2.20. The zero-order chi connectivity index (χ0) is 10.1. The van der Waals surface area contributed by atoms with Crippen LogP contribution in [0, 0.1) is 0 Å². The Labute approximate surface area is 81.0 Å². The summed E-state index contributed by atoms with van der Waals surface area (Å²) >= 11 is 0. The van der Waals surface area contributed by atoms with E-state index in [1.165, 1.54) is 0 Å². The van der Waals surface area contributed by atoms with Crippen LogP contribution in [0.1, 0.15) is 23.0 Å². The number of furan rings is 1. The maximum atomic E-state index is 11.0. The van der Waals surface area contributed by atoms with Gasteiger partial charge in [-0.2, -0.15) is 0 Å². The van der Waals surface area contributed by atoms with Crippen LogP contribution in [0.3, 0.4) is 0 Å². The number of carboxylic acids is 1. The summed E-state index contributed by atoms with van der Waals surface area (Å²) < 4.78 is 5.43. The summed E-state index contributed by atoms with van der Waals surface area (Å²) in [7, 11) is 0. The fourth-order valence-corrected chi connectivity index (χ4v) is 1.58. The minimum atomic E-state index is -0.924. The minimum absolute atomic E-state index is 0.295. The number of fused-ring (bicyclic) bond motifs is 1. The van der Waals surface area contributed by atoms with Crippen LogP contribution in [0.4, 0.5) is 0 Å². The van der Waals surface area contributed by atoms with Crippen molar-refractivity contribution < 1.29 is 14.3 Å². The molecular formula is C11H10O3. The lowest BCUT2D eigenvalue weighted by Crippen LogP contribution is -1.98. The van der Waals surface area contributed by atoms with Gasteiger partial charge in [0.25, 0.3) is 0 Å². The number of hydrogen-bond donors (Lipinski definition) is 1. The number of aromatic carboxylic acids is 1. The highest BCUT2D eigenvalue weighted by molar-refractivity contribution is 6.03. The molecule has 1 aromatic heterocycles. The van der Waals surface area contributed by atoms with Crippen LogP contribution in [0.25, 0.3) is 11.0 Å². The largest absolute Gasteiger partial charge is 0.478 e. The van der Waals surface area contributed by atoms with E-state index in [-0.39, 0.29) is 0 Å². The molecular weight excluding hydrogens is 180 g/mol. The van der Waals surface area contributed by atoms with Crippen LogP contribution >= 0.6 is 0 Å². The van der Waals surface area contributed by atoms with Crippen LogP contribution in [-0.4, -0.2) is 11.1 Å². The maximum Gasteiger partial charge on any atom is 0.339 e. The summed E-state index contributed by atoms with van der Waals surface area (Å²) in [6.07, 6.45) is 0.594. The molecule has 0 bridgehead atoms. The second-order valence-corrected chi connectivity index (χ2v) is 3.06. The Hall–Kier alpha value is -1.77. The number of aryl methyl sites for hydroxylation is 1. The Morgan fingerprint density at radius 2 is 2.14 bits per heavy atom. The fourth-order valence-electron chi connectivity index (χ4n) is 1.58. The lowest BCUT2D eigenvalue weighted by atomic mass is 10.1. The zero-order valence-corrected chi connectivity index (χ0v) is 7.78. The Morgan fingerprint density at radius 3 is 2.79 bits per heavy atom. The molecule has 1 aromatic carbocycles. The molecule has 2 aromatic rings. The zero-order valence-electron chi connectivity index (χ0n) is 7.78. The topological polar surface area (TPSA) is 50.4 Å². The summed E-state index contributed by atoms with van der Waals surface area (Å²) in [5.41, 5.74) is 0.935. The Bertz CT molecular complexity index is 482. The van der Waals surface area contributed by atoms with E-state index in [0.717, 1.165) is 0 Å². The molecule has 0 saturated heterocycles. The fraction of sp³-hybridized carbons (Fsp3) is 0.182. The second kappa shape index (κ2) is 3.18. The number of hydrogen-bond acceptors (Lipinski definition) is 2. The van der Waals surface area contributed by atoms with Gasteiger partial charge in [0.2, 0.25) is 0 Å². The van der Waals surface area contributed by atoms with E-state index in [0.29, 0.717) is 28.7 Å². The average molecular weight is 190 g/mol. The molecule has 72 valence electrons. The maximum absolute atomic E-state index is 11.0. The molecule has 2 rings (SSSR count). The van der Waals surface area contributed by atoms with Gasteiger partial charge in [0.1, 0.15) is 16.9 Å². The first kappa shape index (κ1) is 8.81. The normalized spacial score (nSPS) is 10.6. The van der Waals surface area contributed by atoms with Gasteiger partial charge < -0.3 is 9.52 Å². The van der Waals surface area contributed by atoms with Crippen molar-refractivity contribution in [3.8, 4) is 0 Å².